The number of halogens is 1. The van der Waals surface area contributed by atoms with Gasteiger partial charge in [-0.25, -0.2) is 4.39 Å². The van der Waals surface area contributed by atoms with E-state index in [0.717, 1.165) is 37.3 Å². The van der Waals surface area contributed by atoms with E-state index < -0.39 is 0 Å². The summed E-state index contributed by atoms with van der Waals surface area (Å²) in [5, 5.41) is 3.25. The lowest BCUT2D eigenvalue weighted by Crippen LogP contribution is -2.22. The number of nitrogens with one attached hydrogen (secondary N) is 1. The summed E-state index contributed by atoms with van der Waals surface area (Å²) in [4.78, 5) is 2.11. The largest absolute Gasteiger partial charge is 0.380 e. The van der Waals surface area contributed by atoms with Crippen molar-refractivity contribution in [2.24, 2.45) is 0 Å². The highest BCUT2D eigenvalue weighted by atomic mass is 19.1. The van der Waals surface area contributed by atoms with E-state index in [4.69, 9.17) is 4.74 Å². The van der Waals surface area contributed by atoms with Crippen molar-refractivity contribution >= 4 is 11.4 Å². The molecule has 2 rings (SSSR count). The molecule has 1 aliphatic rings. The fourth-order valence-electron chi connectivity index (χ4n) is 2.43. The lowest BCUT2D eigenvalue weighted by atomic mass is 10.2. The number of ether oxygens (including phenoxy) is 1. The molecule has 106 valence electrons. The van der Waals surface area contributed by atoms with Crippen LogP contribution in [-0.4, -0.2) is 32.3 Å². The molecule has 1 fully saturated rings. The van der Waals surface area contributed by atoms with Crippen LogP contribution in [0.5, 0.6) is 0 Å². The summed E-state index contributed by atoms with van der Waals surface area (Å²) >= 11 is 0. The lowest BCUT2D eigenvalue weighted by Gasteiger charge is -2.20. The molecule has 0 spiro atoms. The van der Waals surface area contributed by atoms with Gasteiger partial charge in [-0.15, -0.1) is 0 Å². The molecule has 3 nitrogen and oxygen atoms in total. The topological polar surface area (TPSA) is 24.5 Å². The van der Waals surface area contributed by atoms with Crippen LogP contribution in [0, 0.1) is 5.82 Å². The molecule has 0 amide bonds. The first-order valence-electron chi connectivity index (χ1n) is 7.09. The molecule has 1 atom stereocenters. The summed E-state index contributed by atoms with van der Waals surface area (Å²) in [6.07, 6.45) is 2.32. The standard InChI is InChI=1S/C15H23FN2O/c1-3-19-11-12(2)17-13-6-7-15(14(16)10-13)18-8-4-5-9-18/h6-7,10,12,17H,3-5,8-9,11H2,1-2H3. The third-order valence-electron chi connectivity index (χ3n) is 3.38. The van der Waals surface area contributed by atoms with Crippen LogP contribution in [0.3, 0.4) is 0 Å². The molecule has 1 aromatic carbocycles. The second kappa shape index (κ2) is 6.75. The zero-order valence-corrected chi connectivity index (χ0v) is 11.8. The molecule has 1 saturated heterocycles. The Hall–Kier alpha value is -1.29. The predicted molar refractivity (Wildman–Crippen MR) is 77.4 cm³/mol. The van der Waals surface area contributed by atoms with Crippen molar-refractivity contribution in [1.29, 1.82) is 0 Å². The minimum atomic E-state index is -0.143. The van der Waals surface area contributed by atoms with Gasteiger partial charge in [0.2, 0.25) is 0 Å². The van der Waals surface area contributed by atoms with E-state index in [9.17, 15) is 4.39 Å². The maximum atomic E-state index is 14.1. The molecule has 0 aliphatic carbocycles. The maximum Gasteiger partial charge on any atom is 0.148 e. The average Bonchev–Trinajstić information content (AvgIpc) is 2.90. The summed E-state index contributed by atoms with van der Waals surface area (Å²) in [6.45, 7) is 7.26. The number of rotatable bonds is 6. The van der Waals surface area contributed by atoms with Crippen LogP contribution in [-0.2, 0) is 4.74 Å². The Kier molecular flexibility index (Phi) is 5.02. The second-order valence-corrected chi connectivity index (χ2v) is 5.07. The fraction of sp³-hybridized carbons (Fsp3) is 0.600. The first kappa shape index (κ1) is 14.1. The highest BCUT2D eigenvalue weighted by Crippen LogP contribution is 2.26. The van der Waals surface area contributed by atoms with E-state index in [1.807, 2.05) is 26.0 Å². The molecular weight excluding hydrogens is 243 g/mol. The number of nitrogens with zero attached hydrogens (tertiary/aromatic N) is 1. The minimum absolute atomic E-state index is 0.143. The fourth-order valence-corrected chi connectivity index (χ4v) is 2.43. The van der Waals surface area contributed by atoms with Crippen LogP contribution in [0.25, 0.3) is 0 Å². The normalized spacial score (nSPS) is 16.7. The lowest BCUT2D eigenvalue weighted by molar-refractivity contribution is 0.141. The monoisotopic (exact) mass is 266 g/mol. The van der Waals surface area contributed by atoms with E-state index in [1.165, 1.54) is 0 Å². The molecule has 19 heavy (non-hydrogen) atoms. The highest BCUT2D eigenvalue weighted by Gasteiger charge is 2.16. The second-order valence-electron chi connectivity index (χ2n) is 5.07. The number of hydrogen-bond acceptors (Lipinski definition) is 3. The minimum Gasteiger partial charge on any atom is -0.380 e. The Bertz CT molecular complexity index is 405. The number of benzene rings is 1. The smallest absolute Gasteiger partial charge is 0.148 e. The van der Waals surface area contributed by atoms with Crippen molar-refractivity contribution in [3.05, 3.63) is 24.0 Å². The zero-order chi connectivity index (χ0) is 13.7. The molecule has 1 unspecified atom stereocenters. The van der Waals surface area contributed by atoms with Crippen LogP contribution in [0.2, 0.25) is 0 Å². The summed E-state index contributed by atoms with van der Waals surface area (Å²) in [6, 6.07) is 5.57. The molecule has 0 bridgehead atoms. The number of anilines is 2. The summed E-state index contributed by atoms with van der Waals surface area (Å²) in [7, 11) is 0. The van der Waals surface area contributed by atoms with Gasteiger partial charge >= 0.3 is 0 Å². The SMILES string of the molecule is CCOCC(C)Nc1ccc(N2CCCC2)c(F)c1. The molecule has 0 radical (unpaired) electrons. The Morgan fingerprint density at radius 3 is 2.74 bits per heavy atom. The maximum absolute atomic E-state index is 14.1. The van der Waals surface area contributed by atoms with Gasteiger partial charge in [-0.1, -0.05) is 0 Å². The molecule has 4 heteroatoms. The van der Waals surface area contributed by atoms with Crippen LogP contribution in [0.15, 0.2) is 18.2 Å². The van der Waals surface area contributed by atoms with Crippen LogP contribution in [0.4, 0.5) is 15.8 Å². The van der Waals surface area contributed by atoms with Gasteiger partial charge in [-0.3, -0.25) is 0 Å². The van der Waals surface area contributed by atoms with E-state index in [-0.39, 0.29) is 11.9 Å². The van der Waals surface area contributed by atoms with Crippen LogP contribution in [0.1, 0.15) is 26.7 Å². The van der Waals surface area contributed by atoms with E-state index in [2.05, 4.69) is 10.2 Å². The van der Waals surface area contributed by atoms with Crippen molar-refractivity contribution in [2.45, 2.75) is 32.7 Å². The van der Waals surface area contributed by atoms with E-state index >= 15 is 0 Å². The van der Waals surface area contributed by atoms with Gasteiger partial charge in [0.1, 0.15) is 5.82 Å². The predicted octanol–water partition coefficient (Wildman–Crippen LogP) is 3.26. The molecule has 0 saturated carbocycles. The zero-order valence-electron chi connectivity index (χ0n) is 11.8. The first-order valence-corrected chi connectivity index (χ1v) is 7.09. The van der Waals surface area contributed by atoms with Crippen molar-refractivity contribution in [3.8, 4) is 0 Å². The van der Waals surface area contributed by atoms with Gasteiger partial charge in [-0.05, 0) is 44.9 Å². The Morgan fingerprint density at radius 1 is 1.37 bits per heavy atom. The summed E-state index contributed by atoms with van der Waals surface area (Å²) < 4.78 is 19.4. The number of hydrogen-bond donors (Lipinski definition) is 1. The van der Waals surface area contributed by atoms with E-state index in [1.54, 1.807) is 6.07 Å². The molecule has 1 aliphatic heterocycles. The highest BCUT2D eigenvalue weighted by molar-refractivity contribution is 5.57. The summed E-state index contributed by atoms with van der Waals surface area (Å²) in [5.41, 5.74) is 1.54. The van der Waals surface area contributed by atoms with Crippen molar-refractivity contribution < 1.29 is 9.13 Å². The Balaban J connectivity index is 1.98. The van der Waals surface area contributed by atoms with Gasteiger partial charge < -0.3 is 15.0 Å². The van der Waals surface area contributed by atoms with Crippen molar-refractivity contribution in [2.75, 3.05) is 36.5 Å². The molecule has 1 heterocycles. The summed E-state index contributed by atoms with van der Waals surface area (Å²) in [5.74, 6) is -0.143. The van der Waals surface area contributed by atoms with Crippen LogP contribution >= 0.6 is 0 Å². The third kappa shape index (κ3) is 3.83. The van der Waals surface area contributed by atoms with Gasteiger partial charge in [0, 0.05) is 31.4 Å². The third-order valence-corrected chi connectivity index (χ3v) is 3.38. The van der Waals surface area contributed by atoms with E-state index in [0.29, 0.717) is 13.2 Å². The van der Waals surface area contributed by atoms with Gasteiger partial charge in [-0.2, -0.15) is 0 Å². The quantitative estimate of drug-likeness (QED) is 0.855. The van der Waals surface area contributed by atoms with Crippen LogP contribution < -0.4 is 10.2 Å². The van der Waals surface area contributed by atoms with Gasteiger partial charge in [0.05, 0.1) is 12.3 Å². The molecular formula is C15H23FN2O. The molecule has 1 aromatic rings. The van der Waals surface area contributed by atoms with Crippen molar-refractivity contribution in [1.82, 2.24) is 0 Å². The average molecular weight is 266 g/mol. The Labute approximate surface area is 114 Å². The Morgan fingerprint density at radius 2 is 2.11 bits per heavy atom. The van der Waals surface area contributed by atoms with Gasteiger partial charge in [0.15, 0.2) is 0 Å². The van der Waals surface area contributed by atoms with Gasteiger partial charge in [0.25, 0.3) is 0 Å². The van der Waals surface area contributed by atoms with Crippen molar-refractivity contribution in [3.63, 3.8) is 0 Å². The first-order chi connectivity index (χ1) is 9.20. The molecule has 0 aromatic heterocycles. The molecule has 1 N–H and O–H groups in total.